The maximum atomic E-state index is 12.3. The summed E-state index contributed by atoms with van der Waals surface area (Å²) in [4.78, 5) is 16.8. The van der Waals surface area contributed by atoms with Gasteiger partial charge in [0.1, 0.15) is 5.69 Å². The van der Waals surface area contributed by atoms with Gasteiger partial charge in [0, 0.05) is 17.8 Å². The largest absolute Gasteiger partial charge is 0.348 e. The molecule has 1 aliphatic rings. The van der Waals surface area contributed by atoms with E-state index in [1.165, 1.54) is 5.56 Å². The Balaban J connectivity index is 0.00000144. The molecule has 7 heteroatoms. The monoisotopic (exact) mass is 387 g/mol. The van der Waals surface area contributed by atoms with Gasteiger partial charge in [-0.1, -0.05) is 37.3 Å². The topological polar surface area (TPSA) is 54.0 Å². The van der Waals surface area contributed by atoms with Crippen LogP contribution in [0.5, 0.6) is 0 Å². The number of hydrogen-bond acceptors (Lipinski definition) is 4. The SMILES string of the molecule is CC1CNCCC1NC(=O)c1csc(Cc2ccccc2)n1.Cl.Cl. The molecule has 2 unspecified atom stereocenters. The minimum Gasteiger partial charge on any atom is -0.348 e. The van der Waals surface area contributed by atoms with Gasteiger partial charge >= 0.3 is 0 Å². The third-order valence-corrected chi connectivity index (χ3v) is 4.93. The van der Waals surface area contributed by atoms with Gasteiger partial charge in [-0.3, -0.25) is 4.79 Å². The Hall–Kier alpha value is -1.14. The van der Waals surface area contributed by atoms with Gasteiger partial charge in [0.25, 0.3) is 5.91 Å². The number of nitrogens with one attached hydrogen (secondary N) is 2. The molecule has 1 aromatic heterocycles. The fourth-order valence-corrected chi connectivity index (χ4v) is 3.55. The van der Waals surface area contributed by atoms with E-state index in [0.717, 1.165) is 30.9 Å². The second kappa shape index (κ2) is 9.99. The van der Waals surface area contributed by atoms with Gasteiger partial charge in [-0.25, -0.2) is 4.98 Å². The van der Waals surface area contributed by atoms with Crippen LogP contribution in [0.15, 0.2) is 35.7 Å². The lowest BCUT2D eigenvalue weighted by molar-refractivity contribution is 0.0909. The number of aromatic nitrogens is 1. The predicted molar refractivity (Wildman–Crippen MR) is 104 cm³/mol. The van der Waals surface area contributed by atoms with E-state index in [2.05, 4.69) is 34.7 Å². The summed E-state index contributed by atoms with van der Waals surface area (Å²) in [5.41, 5.74) is 1.76. The van der Waals surface area contributed by atoms with E-state index in [1.54, 1.807) is 11.3 Å². The lowest BCUT2D eigenvalue weighted by Crippen LogP contribution is -2.48. The Kier molecular flexibility index (Phi) is 8.70. The van der Waals surface area contributed by atoms with Crippen molar-refractivity contribution in [3.63, 3.8) is 0 Å². The van der Waals surface area contributed by atoms with Gasteiger partial charge in [0.05, 0.1) is 5.01 Å². The van der Waals surface area contributed by atoms with Gasteiger partial charge in [-0.2, -0.15) is 0 Å². The number of carbonyl (C=O) groups is 1. The normalized spacial score (nSPS) is 19.7. The van der Waals surface area contributed by atoms with Crippen LogP contribution >= 0.6 is 36.2 Å². The highest BCUT2D eigenvalue weighted by Crippen LogP contribution is 2.16. The second-order valence-electron chi connectivity index (χ2n) is 5.84. The molecule has 2 atom stereocenters. The van der Waals surface area contributed by atoms with Crippen molar-refractivity contribution in [3.05, 3.63) is 52.0 Å². The Labute approximate surface area is 159 Å². The number of thiazole rings is 1. The number of nitrogens with zero attached hydrogens (tertiary/aromatic N) is 1. The first-order chi connectivity index (χ1) is 10.7. The first kappa shape index (κ1) is 20.9. The summed E-state index contributed by atoms with van der Waals surface area (Å²) in [5.74, 6) is 0.412. The number of halogens is 2. The lowest BCUT2D eigenvalue weighted by atomic mass is 9.95. The molecular weight excluding hydrogens is 365 g/mol. The van der Waals surface area contributed by atoms with E-state index in [9.17, 15) is 4.79 Å². The second-order valence-corrected chi connectivity index (χ2v) is 6.78. The highest BCUT2D eigenvalue weighted by molar-refractivity contribution is 7.09. The molecule has 1 aromatic carbocycles. The fraction of sp³-hybridized carbons (Fsp3) is 0.412. The van der Waals surface area contributed by atoms with Crippen LogP contribution in [0.25, 0.3) is 0 Å². The average molecular weight is 388 g/mol. The maximum Gasteiger partial charge on any atom is 0.270 e. The third kappa shape index (κ3) is 5.45. The van der Waals surface area contributed by atoms with Gasteiger partial charge < -0.3 is 10.6 Å². The van der Waals surface area contributed by atoms with Gasteiger partial charge in [-0.05, 0) is 31.0 Å². The Morgan fingerprint density at radius 3 is 2.79 bits per heavy atom. The van der Waals surface area contributed by atoms with Crippen LogP contribution in [0.3, 0.4) is 0 Å². The molecule has 24 heavy (non-hydrogen) atoms. The Morgan fingerprint density at radius 2 is 2.08 bits per heavy atom. The molecule has 0 radical (unpaired) electrons. The Morgan fingerprint density at radius 1 is 1.33 bits per heavy atom. The van der Waals surface area contributed by atoms with Crippen LogP contribution in [-0.4, -0.2) is 30.0 Å². The van der Waals surface area contributed by atoms with Crippen molar-refractivity contribution >= 4 is 42.1 Å². The van der Waals surface area contributed by atoms with Crippen molar-refractivity contribution in [3.8, 4) is 0 Å². The summed E-state index contributed by atoms with van der Waals surface area (Å²) < 4.78 is 0. The van der Waals surface area contributed by atoms with Gasteiger partial charge in [0.2, 0.25) is 0 Å². The van der Waals surface area contributed by atoms with E-state index >= 15 is 0 Å². The summed E-state index contributed by atoms with van der Waals surface area (Å²) in [7, 11) is 0. The molecule has 0 saturated carbocycles. The first-order valence-electron chi connectivity index (χ1n) is 7.72. The smallest absolute Gasteiger partial charge is 0.270 e. The van der Waals surface area contributed by atoms with Gasteiger partial charge in [-0.15, -0.1) is 36.2 Å². The minimum absolute atomic E-state index is 0. The van der Waals surface area contributed by atoms with Gasteiger partial charge in [0.15, 0.2) is 0 Å². The van der Waals surface area contributed by atoms with E-state index in [-0.39, 0.29) is 36.8 Å². The molecule has 1 aliphatic heterocycles. The predicted octanol–water partition coefficient (Wildman–Crippen LogP) is 3.31. The zero-order valence-electron chi connectivity index (χ0n) is 13.5. The molecule has 0 spiro atoms. The van der Waals surface area contributed by atoms with Crippen LogP contribution in [0.1, 0.15) is 34.4 Å². The van der Waals surface area contributed by atoms with Crippen LogP contribution in [0.2, 0.25) is 0 Å². The first-order valence-corrected chi connectivity index (χ1v) is 8.60. The van der Waals surface area contributed by atoms with Crippen molar-refractivity contribution in [1.29, 1.82) is 0 Å². The zero-order chi connectivity index (χ0) is 15.4. The number of amides is 1. The molecule has 0 aliphatic carbocycles. The van der Waals surface area contributed by atoms with E-state index in [4.69, 9.17) is 0 Å². The summed E-state index contributed by atoms with van der Waals surface area (Å²) in [6.07, 6.45) is 1.76. The number of hydrogen-bond donors (Lipinski definition) is 2. The molecule has 2 N–H and O–H groups in total. The highest BCUT2D eigenvalue weighted by Gasteiger charge is 2.23. The van der Waals surface area contributed by atoms with Crippen LogP contribution in [-0.2, 0) is 6.42 Å². The quantitative estimate of drug-likeness (QED) is 0.845. The average Bonchev–Trinajstić information content (AvgIpc) is 2.99. The number of piperidine rings is 1. The molecule has 1 saturated heterocycles. The molecule has 1 fully saturated rings. The number of carbonyl (C=O) groups excluding carboxylic acids is 1. The van der Waals surface area contributed by atoms with E-state index in [0.29, 0.717) is 11.6 Å². The molecule has 132 valence electrons. The fourth-order valence-electron chi connectivity index (χ4n) is 2.74. The third-order valence-electron chi connectivity index (χ3n) is 4.08. The summed E-state index contributed by atoms with van der Waals surface area (Å²) in [5, 5.41) is 9.31. The summed E-state index contributed by atoms with van der Waals surface area (Å²) >= 11 is 1.55. The summed E-state index contributed by atoms with van der Waals surface area (Å²) in [6, 6.07) is 10.5. The maximum absolute atomic E-state index is 12.3. The molecule has 1 amide bonds. The Bertz CT molecular complexity index is 636. The summed E-state index contributed by atoms with van der Waals surface area (Å²) in [6.45, 7) is 4.09. The molecule has 2 aromatic rings. The van der Waals surface area contributed by atoms with Crippen molar-refractivity contribution in [1.82, 2.24) is 15.6 Å². The number of benzene rings is 1. The molecule has 0 bridgehead atoms. The van der Waals surface area contributed by atoms with Crippen LogP contribution < -0.4 is 10.6 Å². The lowest BCUT2D eigenvalue weighted by Gasteiger charge is -2.29. The molecule has 4 nitrogen and oxygen atoms in total. The molecular formula is C17H23Cl2N3OS. The standard InChI is InChI=1S/C17H21N3OS.2ClH/c1-12-10-18-8-7-14(12)20-17(21)15-11-22-16(19-15)9-13-5-3-2-4-6-13;;/h2-6,11-12,14,18H,7-10H2,1H3,(H,20,21);2*1H. The minimum atomic E-state index is -0.0469. The molecule has 3 rings (SSSR count). The van der Waals surface area contributed by atoms with E-state index < -0.39 is 0 Å². The van der Waals surface area contributed by atoms with Crippen molar-refractivity contribution in [2.24, 2.45) is 5.92 Å². The highest BCUT2D eigenvalue weighted by atomic mass is 35.5. The molecule has 2 heterocycles. The zero-order valence-corrected chi connectivity index (χ0v) is 16.0. The van der Waals surface area contributed by atoms with E-state index in [1.807, 2.05) is 23.6 Å². The van der Waals surface area contributed by atoms with Crippen LogP contribution in [0.4, 0.5) is 0 Å². The van der Waals surface area contributed by atoms with Crippen molar-refractivity contribution in [2.75, 3.05) is 13.1 Å². The number of rotatable bonds is 4. The van der Waals surface area contributed by atoms with Crippen molar-refractivity contribution in [2.45, 2.75) is 25.8 Å². The van der Waals surface area contributed by atoms with Crippen molar-refractivity contribution < 1.29 is 4.79 Å². The van der Waals surface area contributed by atoms with Crippen LogP contribution in [0, 0.1) is 5.92 Å².